The molecule has 2 aromatic rings. The fourth-order valence-corrected chi connectivity index (χ4v) is 4.06. The molecule has 2 unspecified atom stereocenters. The van der Waals surface area contributed by atoms with Gasteiger partial charge in [0.15, 0.2) is 0 Å². The number of amides is 3. The minimum atomic E-state index is -0.729. The SMILES string of the molecule is Cc1nc2ccccc2nc1CN1C(=O)NC2(CCCCC2C)C1=O. The molecule has 1 saturated carbocycles. The van der Waals surface area contributed by atoms with E-state index >= 15 is 0 Å². The number of para-hydroxylation sites is 2. The Morgan fingerprint density at radius 1 is 1.20 bits per heavy atom. The number of rotatable bonds is 2. The van der Waals surface area contributed by atoms with Gasteiger partial charge in [-0.1, -0.05) is 31.9 Å². The van der Waals surface area contributed by atoms with Crippen molar-refractivity contribution in [3.63, 3.8) is 0 Å². The molecule has 1 aliphatic carbocycles. The van der Waals surface area contributed by atoms with Gasteiger partial charge < -0.3 is 5.32 Å². The molecule has 1 saturated heterocycles. The van der Waals surface area contributed by atoms with Gasteiger partial charge in [0.05, 0.1) is 29.0 Å². The highest BCUT2D eigenvalue weighted by Gasteiger charge is 2.54. The standard InChI is InChI=1S/C19H22N4O2/c1-12-7-5-6-10-19(12)17(24)23(18(25)22-19)11-16-13(2)20-14-8-3-4-9-15(14)21-16/h3-4,8-9,12H,5-7,10-11H2,1-2H3,(H,22,25). The lowest BCUT2D eigenvalue weighted by atomic mass is 9.73. The van der Waals surface area contributed by atoms with Gasteiger partial charge in [-0.15, -0.1) is 0 Å². The van der Waals surface area contributed by atoms with E-state index in [-0.39, 0.29) is 24.4 Å². The molecule has 2 atom stereocenters. The average Bonchev–Trinajstić information content (AvgIpc) is 2.83. The van der Waals surface area contributed by atoms with Gasteiger partial charge >= 0.3 is 6.03 Å². The van der Waals surface area contributed by atoms with Crippen LogP contribution in [0.3, 0.4) is 0 Å². The normalized spacial score (nSPS) is 26.5. The highest BCUT2D eigenvalue weighted by molar-refractivity contribution is 6.07. The number of nitrogens with zero attached hydrogens (tertiary/aromatic N) is 3. The summed E-state index contributed by atoms with van der Waals surface area (Å²) in [5, 5.41) is 2.99. The highest BCUT2D eigenvalue weighted by Crippen LogP contribution is 2.38. The van der Waals surface area contributed by atoms with Gasteiger partial charge in [-0.2, -0.15) is 0 Å². The van der Waals surface area contributed by atoms with Crippen molar-refractivity contribution in [2.75, 3.05) is 0 Å². The quantitative estimate of drug-likeness (QED) is 0.854. The van der Waals surface area contributed by atoms with Crippen LogP contribution < -0.4 is 5.32 Å². The maximum Gasteiger partial charge on any atom is 0.325 e. The molecule has 0 radical (unpaired) electrons. The van der Waals surface area contributed by atoms with Crippen molar-refractivity contribution < 1.29 is 9.59 Å². The first-order valence-electron chi connectivity index (χ1n) is 8.87. The van der Waals surface area contributed by atoms with Crippen molar-refractivity contribution in [1.29, 1.82) is 0 Å². The van der Waals surface area contributed by atoms with Gasteiger partial charge in [0.2, 0.25) is 0 Å². The summed E-state index contributed by atoms with van der Waals surface area (Å²) in [5.74, 6) is 0.0468. The zero-order valence-corrected chi connectivity index (χ0v) is 14.6. The average molecular weight is 338 g/mol. The Morgan fingerprint density at radius 2 is 1.92 bits per heavy atom. The van der Waals surface area contributed by atoms with E-state index in [2.05, 4.69) is 22.2 Å². The van der Waals surface area contributed by atoms with E-state index in [0.29, 0.717) is 5.69 Å². The van der Waals surface area contributed by atoms with E-state index in [1.807, 2.05) is 31.2 Å². The zero-order valence-electron chi connectivity index (χ0n) is 14.6. The van der Waals surface area contributed by atoms with Crippen molar-refractivity contribution in [3.05, 3.63) is 35.7 Å². The second-order valence-electron chi connectivity index (χ2n) is 7.18. The lowest BCUT2D eigenvalue weighted by Gasteiger charge is -2.36. The molecule has 2 fully saturated rings. The summed E-state index contributed by atoms with van der Waals surface area (Å²) >= 11 is 0. The van der Waals surface area contributed by atoms with Crippen LogP contribution >= 0.6 is 0 Å². The molecule has 6 nitrogen and oxygen atoms in total. The molecule has 1 aromatic carbocycles. The number of nitrogens with one attached hydrogen (secondary N) is 1. The van der Waals surface area contributed by atoms with Crippen LogP contribution in [0.1, 0.15) is 44.0 Å². The van der Waals surface area contributed by atoms with Crippen LogP contribution in [-0.4, -0.2) is 32.3 Å². The smallest absolute Gasteiger partial charge is 0.323 e. The van der Waals surface area contributed by atoms with E-state index in [1.54, 1.807) is 0 Å². The van der Waals surface area contributed by atoms with Crippen molar-refractivity contribution in [1.82, 2.24) is 20.2 Å². The Kier molecular flexibility index (Phi) is 3.71. The van der Waals surface area contributed by atoms with E-state index in [1.165, 1.54) is 4.90 Å². The fourth-order valence-electron chi connectivity index (χ4n) is 4.06. The Balaban J connectivity index is 1.66. The van der Waals surface area contributed by atoms with Crippen LogP contribution in [0, 0.1) is 12.8 Å². The molecule has 1 N–H and O–H groups in total. The number of fused-ring (bicyclic) bond motifs is 1. The Bertz CT molecular complexity index is 866. The van der Waals surface area contributed by atoms with E-state index < -0.39 is 5.54 Å². The first kappa shape index (κ1) is 16.0. The number of carbonyl (C=O) groups excluding carboxylic acids is 2. The molecule has 4 rings (SSSR count). The second kappa shape index (κ2) is 5.79. The van der Waals surface area contributed by atoms with Crippen LogP contribution in [0.25, 0.3) is 11.0 Å². The van der Waals surface area contributed by atoms with Gasteiger partial charge in [-0.3, -0.25) is 9.69 Å². The first-order valence-corrected chi connectivity index (χ1v) is 8.87. The summed E-state index contributed by atoms with van der Waals surface area (Å²) in [7, 11) is 0. The van der Waals surface area contributed by atoms with Crippen LogP contribution in [0.2, 0.25) is 0 Å². The minimum absolute atomic E-state index is 0.112. The van der Waals surface area contributed by atoms with Gasteiger partial charge in [-0.05, 0) is 37.8 Å². The molecule has 3 amide bonds. The third-order valence-corrected chi connectivity index (χ3v) is 5.65. The lowest BCUT2D eigenvalue weighted by Crippen LogP contribution is -2.53. The van der Waals surface area contributed by atoms with E-state index in [0.717, 1.165) is 42.4 Å². The van der Waals surface area contributed by atoms with Gasteiger partial charge in [-0.25, -0.2) is 14.8 Å². The predicted octanol–water partition coefficient (Wildman–Crippen LogP) is 2.94. The van der Waals surface area contributed by atoms with Crippen LogP contribution in [0.5, 0.6) is 0 Å². The summed E-state index contributed by atoms with van der Waals surface area (Å²) in [6.45, 7) is 4.09. The largest absolute Gasteiger partial charge is 0.325 e. The number of hydrogen-bond donors (Lipinski definition) is 1. The van der Waals surface area contributed by atoms with Crippen molar-refractivity contribution in [2.24, 2.45) is 5.92 Å². The zero-order chi connectivity index (χ0) is 17.6. The number of aromatic nitrogens is 2. The molecule has 1 aromatic heterocycles. The molecule has 25 heavy (non-hydrogen) atoms. The number of aryl methyl sites for hydroxylation is 1. The van der Waals surface area contributed by atoms with E-state index in [9.17, 15) is 9.59 Å². The van der Waals surface area contributed by atoms with Crippen LogP contribution in [-0.2, 0) is 11.3 Å². The molecule has 1 aliphatic heterocycles. The maximum atomic E-state index is 13.1. The summed E-state index contributed by atoms with van der Waals surface area (Å²) < 4.78 is 0. The monoisotopic (exact) mass is 338 g/mol. The number of imide groups is 1. The number of benzene rings is 1. The van der Waals surface area contributed by atoms with Crippen LogP contribution in [0.15, 0.2) is 24.3 Å². The first-order chi connectivity index (χ1) is 12.0. The lowest BCUT2D eigenvalue weighted by molar-refractivity contribution is -0.134. The Morgan fingerprint density at radius 3 is 2.64 bits per heavy atom. The maximum absolute atomic E-state index is 13.1. The molecule has 1 spiro atoms. The molecule has 2 heterocycles. The summed E-state index contributed by atoms with van der Waals surface area (Å²) in [6, 6.07) is 7.31. The van der Waals surface area contributed by atoms with Crippen molar-refractivity contribution in [3.8, 4) is 0 Å². The van der Waals surface area contributed by atoms with Crippen LogP contribution in [0.4, 0.5) is 4.79 Å². The molecule has 0 bridgehead atoms. The molecular weight excluding hydrogens is 316 g/mol. The molecule has 2 aliphatic rings. The van der Waals surface area contributed by atoms with E-state index in [4.69, 9.17) is 0 Å². The predicted molar refractivity (Wildman–Crippen MR) is 93.7 cm³/mol. The Labute approximate surface area is 146 Å². The topological polar surface area (TPSA) is 75.2 Å². The number of carbonyl (C=O) groups is 2. The van der Waals surface area contributed by atoms with Crippen molar-refractivity contribution >= 4 is 23.0 Å². The molecule has 6 heteroatoms. The van der Waals surface area contributed by atoms with Gasteiger partial charge in [0, 0.05) is 0 Å². The minimum Gasteiger partial charge on any atom is -0.323 e. The third kappa shape index (κ3) is 2.47. The number of hydrogen-bond acceptors (Lipinski definition) is 4. The molecular formula is C19H22N4O2. The molecule has 130 valence electrons. The summed E-state index contributed by atoms with van der Waals surface area (Å²) in [6.07, 6.45) is 3.77. The fraction of sp³-hybridized carbons (Fsp3) is 0.474. The summed E-state index contributed by atoms with van der Waals surface area (Å²) in [5.41, 5.74) is 2.28. The summed E-state index contributed by atoms with van der Waals surface area (Å²) in [4.78, 5) is 36.1. The Hall–Kier alpha value is -2.50. The van der Waals surface area contributed by atoms with Gasteiger partial charge in [0.25, 0.3) is 5.91 Å². The van der Waals surface area contributed by atoms with Crippen molar-refractivity contribution in [2.45, 2.75) is 51.6 Å². The third-order valence-electron chi connectivity index (χ3n) is 5.65. The van der Waals surface area contributed by atoms with Gasteiger partial charge in [0.1, 0.15) is 5.54 Å². The highest BCUT2D eigenvalue weighted by atomic mass is 16.2. The second-order valence-corrected chi connectivity index (χ2v) is 7.18. The number of urea groups is 1.